The first kappa shape index (κ1) is 15.8. The van der Waals surface area contributed by atoms with Gasteiger partial charge in [0.15, 0.2) is 0 Å². The van der Waals surface area contributed by atoms with E-state index in [-0.39, 0.29) is 11.4 Å². The Morgan fingerprint density at radius 3 is 2.27 bits per heavy atom. The number of nitrogens with zero attached hydrogens (tertiary/aromatic N) is 2. The number of ether oxygens (including phenoxy) is 1. The average Bonchev–Trinajstić information content (AvgIpc) is 2.46. The maximum atomic E-state index is 12.9. The van der Waals surface area contributed by atoms with Crippen LogP contribution in [0.25, 0.3) is 0 Å². The van der Waals surface area contributed by atoms with E-state index >= 15 is 0 Å². The molecule has 0 radical (unpaired) electrons. The summed E-state index contributed by atoms with van der Waals surface area (Å²) >= 11 is 0. The molecule has 1 unspecified atom stereocenters. The van der Waals surface area contributed by atoms with E-state index in [0.29, 0.717) is 19.6 Å². The third-order valence-electron chi connectivity index (χ3n) is 6.06. The van der Waals surface area contributed by atoms with Crippen molar-refractivity contribution in [1.82, 2.24) is 4.90 Å². The second-order valence-electron chi connectivity index (χ2n) is 7.64. The zero-order chi connectivity index (χ0) is 15.7. The number of rotatable bonds is 6. The fraction of sp³-hybridized carbons (Fsp3) is 0.889. The molecule has 0 saturated heterocycles. The van der Waals surface area contributed by atoms with E-state index in [1.54, 1.807) is 0 Å². The zero-order valence-electron chi connectivity index (χ0n) is 13.9. The molecule has 4 saturated carbocycles. The van der Waals surface area contributed by atoms with Gasteiger partial charge in [-0.3, -0.25) is 4.79 Å². The Bertz CT molecular complexity index is 433. The number of hydrogen-bond acceptors (Lipinski definition) is 3. The summed E-state index contributed by atoms with van der Waals surface area (Å²) in [6.07, 6.45) is 7.56. The molecule has 0 N–H and O–H groups in total. The van der Waals surface area contributed by atoms with Gasteiger partial charge in [-0.2, -0.15) is 5.26 Å². The molecule has 1 atom stereocenters. The maximum absolute atomic E-state index is 12.9. The van der Waals surface area contributed by atoms with Crippen molar-refractivity contribution in [3.63, 3.8) is 0 Å². The molecule has 4 bridgehead atoms. The van der Waals surface area contributed by atoms with Crippen molar-refractivity contribution in [2.45, 2.75) is 70.4 Å². The third kappa shape index (κ3) is 2.76. The van der Waals surface area contributed by atoms with E-state index < -0.39 is 6.10 Å². The van der Waals surface area contributed by atoms with Gasteiger partial charge in [0.25, 0.3) is 5.91 Å². The molecule has 0 aromatic heterocycles. The van der Waals surface area contributed by atoms with E-state index in [4.69, 9.17) is 10.00 Å². The minimum Gasteiger partial charge on any atom is -0.369 e. The van der Waals surface area contributed by atoms with Crippen molar-refractivity contribution < 1.29 is 9.53 Å². The molecule has 122 valence electrons. The van der Waals surface area contributed by atoms with Crippen LogP contribution in [0.5, 0.6) is 0 Å². The Morgan fingerprint density at radius 1 is 1.27 bits per heavy atom. The van der Waals surface area contributed by atoms with Crippen LogP contribution in [0.1, 0.15) is 58.8 Å². The predicted molar refractivity (Wildman–Crippen MR) is 83.9 cm³/mol. The molecule has 4 rings (SSSR count). The van der Waals surface area contributed by atoms with Gasteiger partial charge in [-0.25, -0.2) is 0 Å². The number of nitriles is 1. The van der Waals surface area contributed by atoms with Crippen molar-refractivity contribution in [1.29, 1.82) is 5.26 Å². The number of carbonyl (C=O) groups is 1. The largest absolute Gasteiger partial charge is 0.369 e. The van der Waals surface area contributed by atoms with Gasteiger partial charge in [-0.1, -0.05) is 0 Å². The fourth-order valence-electron chi connectivity index (χ4n) is 5.68. The fourth-order valence-corrected chi connectivity index (χ4v) is 5.68. The highest BCUT2D eigenvalue weighted by Gasteiger charge is 2.54. The van der Waals surface area contributed by atoms with Crippen LogP contribution in [0.3, 0.4) is 0 Å². The Kier molecular flexibility index (Phi) is 4.45. The summed E-state index contributed by atoms with van der Waals surface area (Å²) in [5.74, 6) is 2.49. The van der Waals surface area contributed by atoms with Crippen molar-refractivity contribution in [2.75, 3.05) is 13.2 Å². The van der Waals surface area contributed by atoms with E-state index in [9.17, 15) is 4.79 Å². The number of hydrogen-bond donors (Lipinski definition) is 0. The monoisotopic (exact) mass is 304 g/mol. The van der Waals surface area contributed by atoms with Crippen LogP contribution in [0.15, 0.2) is 0 Å². The highest BCUT2D eigenvalue weighted by atomic mass is 16.5. The van der Waals surface area contributed by atoms with Crippen LogP contribution in [0, 0.1) is 29.1 Å². The van der Waals surface area contributed by atoms with E-state index in [1.165, 1.54) is 19.3 Å². The van der Waals surface area contributed by atoms with Gasteiger partial charge in [0.2, 0.25) is 0 Å². The molecular formula is C18H28N2O2. The quantitative estimate of drug-likeness (QED) is 0.757. The Morgan fingerprint density at radius 2 is 1.82 bits per heavy atom. The van der Waals surface area contributed by atoms with Crippen LogP contribution >= 0.6 is 0 Å². The summed E-state index contributed by atoms with van der Waals surface area (Å²) < 4.78 is 5.55. The lowest BCUT2D eigenvalue weighted by Gasteiger charge is -2.60. The van der Waals surface area contributed by atoms with Gasteiger partial charge >= 0.3 is 0 Å². The molecule has 0 heterocycles. The van der Waals surface area contributed by atoms with Crippen LogP contribution < -0.4 is 0 Å². The van der Waals surface area contributed by atoms with Crippen molar-refractivity contribution in [3.05, 3.63) is 0 Å². The molecule has 4 aliphatic rings. The first-order valence-electron chi connectivity index (χ1n) is 8.88. The second kappa shape index (κ2) is 6.20. The van der Waals surface area contributed by atoms with Crippen LogP contribution in [-0.4, -0.2) is 35.6 Å². The summed E-state index contributed by atoms with van der Waals surface area (Å²) in [7, 11) is 0. The Hall–Kier alpha value is -1.08. The summed E-state index contributed by atoms with van der Waals surface area (Å²) in [5, 5.41) is 9.00. The Balaban J connectivity index is 1.82. The van der Waals surface area contributed by atoms with Gasteiger partial charge < -0.3 is 9.64 Å². The molecule has 1 amide bonds. The SMILES string of the molecule is CCOC(C)C(=O)N(CCC#N)C12CC3CC(CC(C3)C1)C2. The van der Waals surface area contributed by atoms with Gasteiger partial charge in [0.05, 0.1) is 12.5 Å². The predicted octanol–water partition coefficient (Wildman–Crippen LogP) is 3.12. The molecule has 4 aliphatic carbocycles. The first-order chi connectivity index (χ1) is 10.6. The molecule has 0 aromatic carbocycles. The van der Waals surface area contributed by atoms with Gasteiger partial charge in [-0.15, -0.1) is 0 Å². The molecule has 0 aliphatic heterocycles. The summed E-state index contributed by atoms with van der Waals surface area (Å²) in [4.78, 5) is 15.0. The van der Waals surface area contributed by atoms with Crippen molar-refractivity contribution in [2.24, 2.45) is 17.8 Å². The van der Waals surface area contributed by atoms with E-state index in [2.05, 4.69) is 11.0 Å². The molecule has 0 spiro atoms. The van der Waals surface area contributed by atoms with Crippen molar-refractivity contribution in [3.8, 4) is 6.07 Å². The molecule has 4 nitrogen and oxygen atoms in total. The molecule has 0 aromatic rings. The van der Waals surface area contributed by atoms with Gasteiger partial charge in [0, 0.05) is 18.7 Å². The molecular weight excluding hydrogens is 276 g/mol. The number of carbonyl (C=O) groups excluding carboxylic acids is 1. The maximum Gasteiger partial charge on any atom is 0.251 e. The second-order valence-corrected chi connectivity index (χ2v) is 7.64. The van der Waals surface area contributed by atoms with Gasteiger partial charge in [0.1, 0.15) is 6.10 Å². The lowest BCUT2D eigenvalue weighted by atomic mass is 9.52. The molecule has 22 heavy (non-hydrogen) atoms. The summed E-state index contributed by atoms with van der Waals surface area (Å²) in [6.45, 7) is 4.90. The first-order valence-corrected chi connectivity index (χ1v) is 8.88. The topological polar surface area (TPSA) is 53.3 Å². The normalized spacial score (nSPS) is 36.9. The highest BCUT2D eigenvalue weighted by molar-refractivity contribution is 5.81. The zero-order valence-corrected chi connectivity index (χ0v) is 13.9. The molecule has 4 heteroatoms. The Labute approximate surface area is 133 Å². The van der Waals surface area contributed by atoms with Crippen LogP contribution in [0.4, 0.5) is 0 Å². The smallest absolute Gasteiger partial charge is 0.251 e. The summed E-state index contributed by atoms with van der Waals surface area (Å²) in [6, 6.07) is 2.22. The third-order valence-corrected chi connectivity index (χ3v) is 6.06. The van der Waals surface area contributed by atoms with Crippen LogP contribution in [0.2, 0.25) is 0 Å². The minimum atomic E-state index is -0.392. The highest BCUT2D eigenvalue weighted by Crippen LogP contribution is 2.57. The lowest BCUT2D eigenvalue weighted by Crippen LogP contribution is -2.63. The average molecular weight is 304 g/mol. The van der Waals surface area contributed by atoms with Gasteiger partial charge in [-0.05, 0) is 70.1 Å². The van der Waals surface area contributed by atoms with Crippen molar-refractivity contribution >= 4 is 5.91 Å². The summed E-state index contributed by atoms with van der Waals surface area (Å²) in [5.41, 5.74) is 0.0219. The number of amides is 1. The lowest BCUT2D eigenvalue weighted by molar-refractivity contribution is -0.161. The van der Waals surface area contributed by atoms with E-state index in [0.717, 1.165) is 37.0 Å². The molecule has 4 fully saturated rings. The van der Waals surface area contributed by atoms with E-state index in [1.807, 2.05) is 13.8 Å². The van der Waals surface area contributed by atoms with Crippen LogP contribution in [-0.2, 0) is 9.53 Å². The minimum absolute atomic E-state index is 0.0219. The standard InChI is InChI=1S/C18H28N2O2/c1-3-22-13(2)17(21)20(6-4-5-19)18-10-14-7-15(11-18)9-16(8-14)12-18/h13-16H,3-4,6-12H2,1-2H3.